The molecule has 0 spiro atoms. The van der Waals surface area contributed by atoms with Crippen molar-refractivity contribution in [2.75, 3.05) is 0 Å². The molecule has 0 aliphatic heterocycles. The third-order valence-corrected chi connectivity index (χ3v) is 2.34. The fourth-order valence-electron chi connectivity index (χ4n) is 1.21. The van der Waals surface area contributed by atoms with Crippen LogP contribution in [-0.2, 0) is 5.41 Å². The largest absolute Gasteiger partial charge is 0.365 e. The van der Waals surface area contributed by atoms with Crippen molar-refractivity contribution in [3.05, 3.63) is 17.5 Å². The number of nitrogens with zero attached hydrogens (tertiary/aromatic N) is 1. The number of aromatic nitrogens is 1. The van der Waals surface area contributed by atoms with E-state index in [4.69, 9.17) is 5.73 Å². The Morgan fingerprint density at radius 1 is 1.75 bits per heavy atom. The van der Waals surface area contributed by atoms with Gasteiger partial charge in [-0.3, -0.25) is 4.79 Å². The van der Waals surface area contributed by atoms with Crippen molar-refractivity contribution in [3.63, 3.8) is 0 Å². The van der Waals surface area contributed by atoms with E-state index in [1.165, 1.54) is 0 Å². The van der Waals surface area contributed by atoms with Gasteiger partial charge in [-0.1, -0.05) is 12.1 Å². The highest BCUT2D eigenvalue weighted by Crippen LogP contribution is 2.47. The number of hydrogen-bond acceptors (Lipinski definition) is 3. The summed E-state index contributed by atoms with van der Waals surface area (Å²) < 4.78 is 4.60. The van der Waals surface area contributed by atoms with E-state index < -0.39 is 5.91 Å². The molecule has 0 saturated heterocycles. The number of hydrogen-bond donors (Lipinski definition) is 1. The number of nitrogens with two attached hydrogens (primary N) is 1. The van der Waals surface area contributed by atoms with Crippen molar-refractivity contribution in [3.8, 4) is 0 Å². The number of carbonyl (C=O) groups excluding carboxylic acids is 1. The van der Waals surface area contributed by atoms with Crippen molar-refractivity contribution in [1.82, 2.24) is 5.16 Å². The summed E-state index contributed by atoms with van der Waals surface area (Å²) >= 11 is 0. The number of carbonyl (C=O) groups is 1. The molecule has 1 saturated carbocycles. The average Bonchev–Trinajstić information content (AvgIpc) is 2.61. The quantitative estimate of drug-likeness (QED) is 0.698. The van der Waals surface area contributed by atoms with Crippen LogP contribution in [0.5, 0.6) is 0 Å². The molecular weight excluding hydrogens is 156 g/mol. The van der Waals surface area contributed by atoms with Crippen LogP contribution < -0.4 is 5.73 Å². The van der Waals surface area contributed by atoms with Gasteiger partial charge in [-0.05, 0) is 12.8 Å². The van der Waals surface area contributed by atoms with Crippen LogP contribution in [0.2, 0.25) is 0 Å². The molecule has 12 heavy (non-hydrogen) atoms. The molecule has 2 rings (SSSR count). The standard InChI is InChI=1S/C8H9N2O2/c1-8(2-3-8)6-5(7(9)11)4-12-10-6/h2-3H2,1H3,(H2,9,11). The van der Waals surface area contributed by atoms with Crippen molar-refractivity contribution < 1.29 is 9.32 Å². The molecule has 1 amide bonds. The fraction of sp³-hybridized carbons (Fsp3) is 0.500. The van der Waals surface area contributed by atoms with E-state index >= 15 is 0 Å². The van der Waals surface area contributed by atoms with Gasteiger partial charge in [-0.2, -0.15) is 0 Å². The monoisotopic (exact) mass is 165 g/mol. The summed E-state index contributed by atoms with van der Waals surface area (Å²) in [4.78, 5) is 10.8. The maximum atomic E-state index is 10.8. The predicted octanol–water partition coefficient (Wildman–Crippen LogP) is 0.625. The molecule has 63 valence electrons. The van der Waals surface area contributed by atoms with E-state index in [0.29, 0.717) is 11.3 Å². The van der Waals surface area contributed by atoms with Gasteiger partial charge in [-0.15, -0.1) is 0 Å². The van der Waals surface area contributed by atoms with Gasteiger partial charge in [0.2, 0.25) is 6.26 Å². The van der Waals surface area contributed by atoms with Gasteiger partial charge in [0.25, 0.3) is 5.91 Å². The van der Waals surface area contributed by atoms with Crippen molar-refractivity contribution in [2.24, 2.45) is 5.73 Å². The van der Waals surface area contributed by atoms with E-state index in [1.807, 2.05) is 6.92 Å². The maximum Gasteiger partial charge on any atom is 0.254 e. The minimum absolute atomic E-state index is 0.00780. The molecule has 1 aliphatic rings. The molecule has 0 aromatic carbocycles. The van der Waals surface area contributed by atoms with Crippen LogP contribution in [0, 0.1) is 6.26 Å². The third-order valence-electron chi connectivity index (χ3n) is 2.34. The van der Waals surface area contributed by atoms with E-state index in [9.17, 15) is 4.79 Å². The van der Waals surface area contributed by atoms with Crippen LogP contribution in [0.25, 0.3) is 0 Å². The molecule has 0 unspecified atom stereocenters. The first-order chi connectivity index (χ1) is 5.63. The van der Waals surface area contributed by atoms with E-state index in [1.54, 1.807) is 0 Å². The van der Waals surface area contributed by atoms with Gasteiger partial charge in [0.05, 0.1) is 0 Å². The first-order valence-electron chi connectivity index (χ1n) is 3.81. The molecular formula is C8H9N2O2. The van der Waals surface area contributed by atoms with Crippen LogP contribution in [-0.4, -0.2) is 11.1 Å². The predicted molar refractivity (Wildman–Crippen MR) is 40.4 cm³/mol. The summed E-state index contributed by atoms with van der Waals surface area (Å²) in [5.41, 5.74) is 6.08. The van der Waals surface area contributed by atoms with Crippen molar-refractivity contribution in [1.29, 1.82) is 0 Å². The second kappa shape index (κ2) is 2.09. The Kier molecular flexibility index (Phi) is 1.28. The fourth-order valence-corrected chi connectivity index (χ4v) is 1.21. The van der Waals surface area contributed by atoms with Crippen LogP contribution in [0.15, 0.2) is 4.52 Å². The minimum Gasteiger partial charge on any atom is -0.365 e. The van der Waals surface area contributed by atoms with E-state index in [2.05, 4.69) is 15.9 Å². The maximum absolute atomic E-state index is 10.8. The highest BCUT2D eigenvalue weighted by atomic mass is 16.5. The highest BCUT2D eigenvalue weighted by molar-refractivity contribution is 5.93. The third kappa shape index (κ3) is 0.913. The topological polar surface area (TPSA) is 69.1 Å². The van der Waals surface area contributed by atoms with Crippen LogP contribution in [0.3, 0.4) is 0 Å². The average molecular weight is 165 g/mol. The lowest BCUT2D eigenvalue weighted by Crippen LogP contribution is -2.15. The zero-order valence-corrected chi connectivity index (χ0v) is 6.76. The zero-order chi connectivity index (χ0) is 8.77. The van der Waals surface area contributed by atoms with Gasteiger partial charge < -0.3 is 10.3 Å². The molecule has 2 N–H and O–H groups in total. The Hall–Kier alpha value is -1.32. The summed E-state index contributed by atoms with van der Waals surface area (Å²) in [7, 11) is 0. The van der Waals surface area contributed by atoms with Gasteiger partial charge in [0.1, 0.15) is 11.3 Å². The zero-order valence-electron chi connectivity index (χ0n) is 6.76. The lowest BCUT2D eigenvalue weighted by atomic mass is 10.0. The van der Waals surface area contributed by atoms with E-state index in [-0.39, 0.29) is 5.41 Å². The van der Waals surface area contributed by atoms with Gasteiger partial charge in [0, 0.05) is 5.41 Å². The Bertz CT molecular complexity index is 326. The van der Waals surface area contributed by atoms with Crippen molar-refractivity contribution >= 4 is 5.91 Å². The molecule has 1 aromatic heterocycles. The summed E-state index contributed by atoms with van der Waals surface area (Å²) in [6, 6.07) is 0. The normalized spacial score (nSPS) is 19.1. The second-order valence-corrected chi connectivity index (χ2v) is 3.43. The SMILES string of the molecule is CC1(c2no[c]c2C(N)=O)CC1. The molecule has 4 nitrogen and oxygen atoms in total. The van der Waals surface area contributed by atoms with Gasteiger partial charge in [0.15, 0.2) is 0 Å². The van der Waals surface area contributed by atoms with Crippen LogP contribution in [0.4, 0.5) is 0 Å². The minimum atomic E-state index is -0.514. The number of amides is 1. The highest BCUT2D eigenvalue weighted by Gasteiger charge is 2.44. The molecule has 1 radical (unpaired) electrons. The molecule has 1 aromatic rings. The number of primary amides is 1. The first kappa shape index (κ1) is 7.34. The van der Waals surface area contributed by atoms with Crippen LogP contribution >= 0.6 is 0 Å². The van der Waals surface area contributed by atoms with Crippen molar-refractivity contribution in [2.45, 2.75) is 25.2 Å². The molecule has 1 fully saturated rings. The summed E-state index contributed by atoms with van der Waals surface area (Å²) in [5.74, 6) is -0.514. The summed E-state index contributed by atoms with van der Waals surface area (Å²) in [6.45, 7) is 2.03. The molecule has 1 aliphatic carbocycles. The Morgan fingerprint density at radius 3 is 2.92 bits per heavy atom. The summed E-state index contributed by atoms with van der Waals surface area (Å²) in [5, 5.41) is 3.74. The lowest BCUT2D eigenvalue weighted by molar-refractivity contribution is 0.0998. The Balaban J connectivity index is 2.43. The van der Waals surface area contributed by atoms with Gasteiger partial charge in [-0.25, -0.2) is 0 Å². The molecule has 0 bridgehead atoms. The van der Waals surface area contributed by atoms with Crippen LogP contribution in [0.1, 0.15) is 35.8 Å². The second-order valence-electron chi connectivity index (χ2n) is 3.43. The molecule has 1 heterocycles. The van der Waals surface area contributed by atoms with Gasteiger partial charge >= 0.3 is 0 Å². The number of rotatable bonds is 2. The Labute approximate surface area is 69.7 Å². The lowest BCUT2D eigenvalue weighted by Gasteiger charge is -2.02. The molecule has 0 atom stereocenters. The molecule has 4 heteroatoms. The smallest absolute Gasteiger partial charge is 0.254 e. The Morgan fingerprint density at radius 2 is 2.42 bits per heavy atom. The van der Waals surface area contributed by atoms with E-state index in [0.717, 1.165) is 12.8 Å². The summed E-state index contributed by atoms with van der Waals surface area (Å²) in [6.07, 6.45) is 4.46. The first-order valence-corrected chi connectivity index (χ1v) is 3.81.